The molecule has 0 atom stereocenters. The van der Waals surface area contributed by atoms with Crippen LogP contribution in [0.2, 0.25) is 0 Å². The molecule has 0 fully saturated rings. The standard InChI is InChI=1S/C21H15N5O2S2/c1-28-14-8-4-2-6-12(14)18-23-21(26-25-18)24-19(27)16-10-11-17(29-16)20-22-13-7-3-5-9-15(13)30-20/h2-11H,1H3,(H2,23,24,25,26,27). The molecule has 7 nitrogen and oxygen atoms in total. The van der Waals surface area contributed by atoms with Crippen LogP contribution in [0.25, 0.3) is 31.5 Å². The first kappa shape index (κ1) is 18.5. The third-order valence-corrected chi connectivity index (χ3v) is 6.70. The summed E-state index contributed by atoms with van der Waals surface area (Å²) in [6, 6.07) is 19.2. The quantitative estimate of drug-likeness (QED) is 0.404. The number of aromatic amines is 1. The fourth-order valence-electron chi connectivity index (χ4n) is 2.99. The minimum atomic E-state index is -0.266. The van der Waals surface area contributed by atoms with Crippen molar-refractivity contribution in [3.63, 3.8) is 0 Å². The highest BCUT2D eigenvalue weighted by Crippen LogP contribution is 2.34. The Hall–Kier alpha value is -3.56. The van der Waals surface area contributed by atoms with E-state index in [0.29, 0.717) is 16.5 Å². The Morgan fingerprint density at radius 2 is 1.83 bits per heavy atom. The summed E-state index contributed by atoms with van der Waals surface area (Å²) in [5, 5.41) is 10.6. The van der Waals surface area contributed by atoms with Crippen LogP contribution in [-0.4, -0.2) is 33.2 Å². The zero-order chi connectivity index (χ0) is 20.5. The number of nitrogens with one attached hydrogen (secondary N) is 2. The van der Waals surface area contributed by atoms with Crippen molar-refractivity contribution >= 4 is 44.7 Å². The number of fused-ring (bicyclic) bond motifs is 1. The molecule has 0 unspecified atom stereocenters. The highest BCUT2D eigenvalue weighted by atomic mass is 32.1. The maximum atomic E-state index is 12.7. The normalized spacial score (nSPS) is 11.0. The largest absolute Gasteiger partial charge is 0.496 e. The number of nitrogens with zero attached hydrogens (tertiary/aromatic N) is 3. The number of thiazole rings is 1. The van der Waals surface area contributed by atoms with E-state index in [1.165, 1.54) is 11.3 Å². The van der Waals surface area contributed by atoms with E-state index in [1.807, 2.05) is 54.6 Å². The predicted octanol–water partition coefficient (Wildman–Crippen LogP) is 5.07. The predicted molar refractivity (Wildman–Crippen MR) is 119 cm³/mol. The molecule has 0 spiro atoms. The molecule has 30 heavy (non-hydrogen) atoms. The molecule has 3 heterocycles. The molecular weight excluding hydrogens is 418 g/mol. The number of H-pyrrole nitrogens is 1. The van der Waals surface area contributed by atoms with Gasteiger partial charge in [-0.25, -0.2) is 4.98 Å². The zero-order valence-electron chi connectivity index (χ0n) is 15.7. The highest BCUT2D eigenvalue weighted by Gasteiger charge is 2.16. The second-order valence-electron chi connectivity index (χ2n) is 6.31. The maximum Gasteiger partial charge on any atom is 0.268 e. The number of hydrogen-bond acceptors (Lipinski definition) is 7. The molecule has 0 aliphatic carbocycles. The van der Waals surface area contributed by atoms with Crippen LogP contribution < -0.4 is 10.1 Å². The second-order valence-corrected chi connectivity index (χ2v) is 8.43. The van der Waals surface area contributed by atoms with Gasteiger partial charge in [0.2, 0.25) is 5.95 Å². The summed E-state index contributed by atoms with van der Waals surface area (Å²) in [5.74, 6) is 1.13. The van der Waals surface area contributed by atoms with Crippen molar-refractivity contribution in [3.8, 4) is 27.0 Å². The molecule has 0 radical (unpaired) electrons. The number of hydrogen-bond donors (Lipinski definition) is 2. The molecule has 5 rings (SSSR count). The first-order valence-electron chi connectivity index (χ1n) is 9.04. The van der Waals surface area contributed by atoms with E-state index in [-0.39, 0.29) is 11.9 Å². The minimum Gasteiger partial charge on any atom is -0.496 e. The van der Waals surface area contributed by atoms with E-state index in [2.05, 4.69) is 25.5 Å². The van der Waals surface area contributed by atoms with Crippen LogP contribution >= 0.6 is 22.7 Å². The summed E-state index contributed by atoms with van der Waals surface area (Å²) >= 11 is 3.00. The number of benzene rings is 2. The molecule has 0 saturated carbocycles. The Bertz CT molecular complexity index is 1320. The van der Waals surface area contributed by atoms with Gasteiger partial charge in [-0.15, -0.1) is 27.8 Å². The van der Waals surface area contributed by atoms with Gasteiger partial charge in [-0.2, -0.15) is 4.98 Å². The van der Waals surface area contributed by atoms with E-state index in [0.717, 1.165) is 25.7 Å². The molecule has 0 bridgehead atoms. The summed E-state index contributed by atoms with van der Waals surface area (Å²) in [4.78, 5) is 23.2. The van der Waals surface area contributed by atoms with Gasteiger partial charge in [0.05, 0.1) is 32.6 Å². The van der Waals surface area contributed by atoms with Crippen LogP contribution in [0.15, 0.2) is 60.7 Å². The first-order chi connectivity index (χ1) is 14.7. The lowest BCUT2D eigenvalue weighted by molar-refractivity contribution is 0.102. The molecule has 2 aromatic carbocycles. The van der Waals surface area contributed by atoms with Crippen LogP contribution in [0.1, 0.15) is 9.67 Å². The molecule has 0 aliphatic heterocycles. The van der Waals surface area contributed by atoms with Crippen molar-refractivity contribution < 1.29 is 9.53 Å². The van der Waals surface area contributed by atoms with Crippen LogP contribution in [-0.2, 0) is 0 Å². The Labute approximate surface area is 179 Å². The van der Waals surface area contributed by atoms with Crippen molar-refractivity contribution in [1.29, 1.82) is 0 Å². The lowest BCUT2D eigenvalue weighted by Gasteiger charge is -2.04. The Kier molecular flexibility index (Phi) is 4.74. The van der Waals surface area contributed by atoms with Crippen LogP contribution in [0.5, 0.6) is 5.75 Å². The molecule has 5 aromatic rings. The zero-order valence-corrected chi connectivity index (χ0v) is 17.4. The number of para-hydroxylation sites is 2. The van der Waals surface area contributed by atoms with Gasteiger partial charge in [0.1, 0.15) is 10.8 Å². The topological polar surface area (TPSA) is 92.8 Å². The van der Waals surface area contributed by atoms with Gasteiger partial charge in [0.15, 0.2) is 5.82 Å². The van der Waals surface area contributed by atoms with Gasteiger partial charge in [-0.05, 0) is 36.4 Å². The number of aromatic nitrogens is 4. The number of rotatable bonds is 5. The average Bonchev–Trinajstić information content (AvgIpc) is 3.52. The molecule has 148 valence electrons. The molecule has 1 amide bonds. The lowest BCUT2D eigenvalue weighted by Crippen LogP contribution is -2.11. The SMILES string of the molecule is COc1ccccc1-c1nc(NC(=O)c2ccc(-c3nc4ccccc4s3)s2)n[nH]1. The summed E-state index contributed by atoms with van der Waals surface area (Å²) < 4.78 is 6.47. The molecular formula is C21H15N5O2S2. The third kappa shape index (κ3) is 3.44. The van der Waals surface area contributed by atoms with E-state index in [4.69, 9.17) is 4.74 Å². The molecule has 2 N–H and O–H groups in total. The molecule has 0 aliphatic rings. The minimum absolute atomic E-state index is 0.204. The molecule has 0 saturated heterocycles. The van der Waals surface area contributed by atoms with Crippen molar-refractivity contribution in [2.75, 3.05) is 12.4 Å². The number of thiophene rings is 1. The summed E-state index contributed by atoms with van der Waals surface area (Å²) in [6.07, 6.45) is 0. The fourth-order valence-corrected chi connectivity index (χ4v) is 4.92. The van der Waals surface area contributed by atoms with Gasteiger partial charge in [-0.3, -0.25) is 15.2 Å². The van der Waals surface area contributed by atoms with Gasteiger partial charge >= 0.3 is 0 Å². The van der Waals surface area contributed by atoms with Gasteiger partial charge in [0.25, 0.3) is 5.91 Å². The smallest absolute Gasteiger partial charge is 0.268 e. The number of carbonyl (C=O) groups excluding carboxylic acids is 1. The Balaban J connectivity index is 1.35. The van der Waals surface area contributed by atoms with E-state index in [1.54, 1.807) is 24.5 Å². The molecule has 3 aromatic heterocycles. The molecule has 9 heteroatoms. The van der Waals surface area contributed by atoms with E-state index < -0.39 is 0 Å². The monoisotopic (exact) mass is 433 g/mol. The van der Waals surface area contributed by atoms with Crippen LogP contribution in [0, 0.1) is 0 Å². The summed E-state index contributed by atoms with van der Waals surface area (Å²) in [5.41, 5.74) is 1.73. The maximum absolute atomic E-state index is 12.7. The number of amides is 1. The van der Waals surface area contributed by atoms with Crippen LogP contribution in [0.3, 0.4) is 0 Å². The lowest BCUT2D eigenvalue weighted by atomic mass is 10.2. The number of carbonyl (C=O) groups is 1. The third-order valence-electron chi connectivity index (χ3n) is 4.41. The second kappa shape index (κ2) is 7.69. The Morgan fingerprint density at radius 1 is 1.00 bits per heavy atom. The highest BCUT2D eigenvalue weighted by molar-refractivity contribution is 7.26. The number of methoxy groups -OCH3 is 1. The first-order valence-corrected chi connectivity index (χ1v) is 10.7. The van der Waals surface area contributed by atoms with Gasteiger partial charge in [0, 0.05) is 0 Å². The van der Waals surface area contributed by atoms with Gasteiger partial charge in [-0.1, -0.05) is 24.3 Å². The van der Waals surface area contributed by atoms with Crippen LogP contribution in [0.4, 0.5) is 5.95 Å². The number of ether oxygens (including phenoxy) is 1. The van der Waals surface area contributed by atoms with E-state index >= 15 is 0 Å². The average molecular weight is 434 g/mol. The van der Waals surface area contributed by atoms with Crippen molar-refractivity contribution in [3.05, 3.63) is 65.5 Å². The Morgan fingerprint density at radius 3 is 2.70 bits per heavy atom. The fraction of sp³-hybridized carbons (Fsp3) is 0.0476. The van der Waals surface area contributed by atoms with Gasteiger partial charge < -0.3 is 4.74 Å². The van der Waals surface area contributed by atoms with Crippen molar-refractivity contribution in [2.24, 2.45) is 0 Å². The number of anilines is 1. The summed E-state index contributed by atoms with van der Waals surface area (Å²) in [7, 11) is 1.59. The van der Waals surface area contributed by atoms with Crippen molar-refractivity contribution in [2.45, 2.75) is 0 Å². The summed E-state index contributed by atoms with van der Waals surface area (Å²) in [6.45, 7) is 0. The van der Waals surface area contributed by atoms with Crippen molar-refractivity contribution in [1.82, 2.24) is 20.2 Å². The van der Waals surface area contributed by atoms with E-state index in [9.17, 15) is 4.79 Å².